The van der Waals surface area contributed by atoms with Gasteiger partial charge in [-0.25, -0.2) is 0 Å². The maximum Gasteiger partial charge on any atom is 0.270 e. The minimum Gasteiger partial charge on any atom is -0.385 e. The summed E-state index contributed by atoms with van der Waals surface area (Å²) in [7, 11) is 1.63. The molecule has 0 atom stereocenters. The van der Waals surface area contributed by atoms with Crippen molar-refractivity contribution >= 4 is 21.8 Å². The third-order valence-corrected chi connectivity index (χ3v) is 2.23. The lowest BCUT2D eigenvalue weighted by Crippen LogP contribution is -2.25. The molecule has 1 aromatic heterocycles. The summed E-state index contributed by atoms with van der Waals surface area (Å²) in [4.78, 5) is 11.4. The highest BCUT2D eigenvalue weighted by atomic mass is 79.9. The highest BCUT2D eigenvalue weighted by Gasteiger charge is 2.10. The molecule has 1 amide bonds. The number of nitrogens with one attached hydrogen (secondary N) is 2. The molecular formula is C8H12BrN3O2. The first kappa shape index (κ1) is 11.2. The zero-order valence-electron chi connectivity index (χ0n) is 7.84. The highest BCUT2D eigenvalue weighted by Crippen LogP contribution is 2.11. The molecule has 0 spiro atoms. The number of halogens is 1. The molecule has 0 fully saturated rings. The van der Waals surface area contributed by atoms with Gasteiger partial charge in [-0.1, -0.05) is 0 Å². The maximum atomic E-state index is 11.4. The molecule has 0 aromatic carbocycles. The number of methoxy groups -OCH3 is 1. The topological polar surface area (TPSA) is 67.0 Å². The summed E-state index contributed by atoms with van der Waals surface area (Å²) < 4.78 is 5.53. The Bertz CT molecular complexity index is 301. The van der Waals surface area contributed by atoms with Crippen LogP contribution in [0.3, 0.4) is 0 Å². The van der Waals surface area contributed by atoms with E-state index in [9.17, 15) is 4.79 Å². The van der Waals surface area contributed by atoms with E-state index in [1.807, 2.05) is 0 Å². The van der Waals surface area contributed by atoms with Crippen LogP contribution in [-0.4, -0.2) is 36.4 Å². The number of aromatic amines is 1. The van der Waals surface area contributed by atoms with Crippen molar-refractivity contribution in [1.82, 2.24) is 15.5 Å². The first-order valence-electron chi connectivity index (χ1n) is 4.21. The molecule has 78 valence electrons. The molecule has 5 nitrogen and oxygen atoms in total. The van der Waals surface area contributed by atoms with E-state index in [1.54, 1.807) is 13.3 Å². The van der Waals surface area contributed by atoms with Gasteiger partial charge in [0, 0.05) is 20.3 Å². The molecule has 0 unspecified atom stereocenters. The largest absolute Gasteiger partial charge is 0.385 e. The van der Waals surface area contributed by atoms with E-state index in [2.05, 4.69) is 31.4 Å². The molecule has 1 heterocycles. The Balaban J connectivity index is 2.32. The first-order valence-corrected chi connectivity index (χ1v) is 5.01. The Kier molecular flexibility index (Phi) is 4.61. The summed E-state index contributed by atoms with van der Waals surface area (Å²) in [6.45, 7) is 1.24. The van der Waals surface area contributed by atoms with E-state index in [0.717, 1.165) is 6.42 Å². The Morgan fingerprint density at radius 3 is 3.14 bits per heavy atom. The predicted molar refractivity (Wildman–Crippen MR) is 55.1 cm³/mol. The summed E-state index contributed by atoms with van der Waals surface area (Å²) in [6, 6.07) is 0. The van der Waals surface area contributed by atoms with Crippen molar-refractivity contribution in [3.8, 4) is 0 Å². The molecule has 0 aliphatic carbocycles. The number of nitrogens with zero attached hydrogens (tertiary/aromatic N) is 1. The Labute approximate surface area is 90.3 Å². The second-order valence-corrected chi connectivity index (χ2v) is 3.55. The van der Waals surface area contributed by atoms with E-state index in [1.165, 1.54) is 0 Å². The zero-order valence-corrected chi connectivity index (χ0v) is 9.43. The van der Waals surface area contributed by atoms with Crippen LogP contribution in [0, 0.1) is 0 Å². The summed E-state index contributed by atoms with van der Waals surface area (Å²) in [5.74, 6) is -0.162. The van der Waals surface area contributed by atoms with Crippen LogP contribution >= 0.6 is 15.9 Å². The van der Waals surface area contributed by atoms with Crippen LogP contribution in [0.15, 0.2) is 10.7 Å². The number of carbonyl (C=O) groups excluding carboxylic acids is 1. The normalized spacial score (nSPS) is 10.1. The van der Waals surface area contributed by atoms with E-state index in [0.29, 0.717) is 23.3 Å². The van der Waals surface area contributed by atoms with Gasteiger partial charge in [0.05, 0.1) is 10.7 Å². The van der Waals surface area contributed by atoms with E-state index in [-0.39, 0.29) is 5.91 Å². The third-order valence-electron chi connectivity index (χ3n) is 1.63. The van der Waals surface area contributed by atoms with Crippen LogP contribution in [-0.2, 0) is 4.74 Å². The quantitative estimate of drug-likeness (QED) is 0.776. The van der Waals surface area contributed by atoms with E-state index >= 15 is 0 Å². The second kappa shape index (κ2) is 5.77. The van der Waals surface area contributed by atoms with Crippen LogP contribution in [0.4, 0.5) is 0 Å². The SMILES string of the molecule is COCCCNC(=O)c1[nH]ncc1Br. The van der Waals surface area contributed by atoms with Gasteiger partial charge in [0.1, 0.15) is 5.69 Å². The molecule has 0 saturated carbocycles. The number of aromatic nitrogens is 2. The Morgan fingerprint density at radius 2 is 2.57 bits per heavy atom. The van der Waals surface area contributed by atoms with E-state index < -0.39 is 0 Å². The smallest absolute Gasteiger partial charge is 0.270 e. The monoisotopic (exact) mass is 261 g/mol. The number of H-pyrrole nitrogens is 1. The fourth-order valence-corrected chi connectivity index (χ4v) is 1.31. The molecule has 2 N–H and O–H groups in total. The molecule has 0 radical (unpaired) electrons. The fraction of sp³-hybridized carbons (Fsp3) is 0.500. The van der Waals surface area contributed by atoms with Crippen molar-refractivity contribution < 1.29 is 9.53 Å². The van der Waals surface area contributed by atoms with Crippen LogP contribution in [0.5, 0.6) is 0 Å². The average molecular weight is 262 g/mol. The summed E-state index contributed by atoms with van der Waals surface area (Å²) in [5.41, 5.74) is 0.447. The summed E-state index contributed by atoms with van der Waals surface area (Å²) in [5, 5.41) is 9.08. The number of hydrogen-bond donors (Lipinski definition) is 2. The van der Waals surface area contributed by atoms with Crippen molar-refractivity contribution in [1.29, 1.82) is 0 Å². The lowest BCUT2D eigenvalue weighted by Gasteiger charge is -2.02. The van der Waals surface area contributed by atoms with Crippen LogP contribution < -0.4 is 5.32 Å². The summed E-state index contributed by atoms with van der Waals surface area (Å²) >= 11 is 3.21. The molecule has 0 bridgehead atoms. The van der Waals surface area contributed by atoms with Crippen molar-refractivity contribution in [3.63, 3.8) is 0 Å². The molecule has 1 aromatic rings. The standard InChI is InChI=1S/C8H12BrN3O2/c1-14-4-2-3-10-8(13)7-6(9)5-11-12-7/h5H,2-4H2,1H3,(H,10,13)(H,11,12). The fourth-order valence-electron chi connectivity index (χ4n) is 0.937. The van der Waals surface area contributed by atoms with Crippen LogP contribution in [0.1, 0.15) is 16.9 Å². The van der Waals surface area contributed by atoms with Gasteiger partial charge >= 0.3 is 0 Å². The number of ether oxygens (including phenoxy) is 1. The number of amides is 1. The number of hydrogen-bond acceptors (Lipinski definition) is 3. The van der Waals surface area contributed by atoms with Crippen molar-refractivity contribution in [2.24, 2.45) is 0 Å². The Morgan fingerprint density at radius 1 is 1.79 bits per heavy atom. The van der Waals surface area contributed by atoms with Crippen molar-refractivity contribution in [2.75, 3.05) is 20.3 Å². The third kappa shape index (κ3) is 3.12. The van der Waals surface area contributed by atoms with E-state index in [4.69, 9.17) is 4.74 Å². The van der Waals surface area contributed by atoms with Crippen molar-refractivity contribution in [3.05, 3.63) is 16.4 Å². The lowest BCUT2D eigenvalue weighted by atomic mass is 10.4. The molecule has 0 aliphatic rings. The minimum absolute atomic E-state index is 0.162. The average Bonchev–Trinajstić information content (AvgIpc) is 2.59. The molecular weight excluding hydrogens is 250 g/mol. The van der Waals surface area contributed by atoms with Gasteiger partial charge in [0.15, 0.2) is 0 Å². The predicted octanol–water partition coefficient (Wildman–Crippen LogP) is 0.938. The van der Waals surface area contributed by atoms with Gasteiger partial charge in [-0.05, 0) is 22.4 Å². The van der Waals surface area contributed by atoms with Gasteiger partial charge in [-0.2, -0.15) is 5.10 Å². The van der Waals surface area contributed by atoms with Gasteiger partial charge in [0.25, 0.3) is 5.91 Å². The van der Waals surface area contributed by atoms with Crippen LogP contribution in [0.2, 0.25) is 0 Å². The van der Waals surface area contributed by atoms with Crippen LogP contribution in [0.25, 0.3) is 0 Å². The minimum atomic E-state index is -0.162. The maximum absolute atomic E-state index is 11.4. The second-order valence-electron chi connectivity index (χ2n) is 2.70. The molecule has 1 rings (SSSR count). The molecule has 0 saturated heterocycles. The van der Waals surface area contributed by atoms with Gasteiger partial charge in [0.2, 0.25) is 0 Å². The van der Waals surface area contributed by atoms with Gasteiger partial charge < -0.3 is 10.1 Å². The molecule has 14 heavy (non-hydrogen) atoms. The zero-order chi connectivity index (χ0) is 10.4. The first-order chi connectivity index (χ1) is 6.75. The lowest BCUT2D eigenvalue weighted by molar-refractivity contribution is 0.0943. The van der Waals surface area contributed by atoms with Gasteiger partial charge in [-0.3, -0.25) is 9.89 Å². The molecule has 0 aliphatic heterocycles. The summed E-state index contributed by atoms with van der Waals surface area (Å²) in [6.07, 6.45) is 2.35. The number of rotatable bonds is 5. The van der Waals surface area contributed by atoms with Crippen molar-refractivity contribution in [2.45, 2.75) is 6.42 Å². The Hall–Kier alpha value is -0.880. The highest BCUT2D eigenvalue weighted by molar-refractivity contribution is 9.10. The molecule has 6 heteroatoms. The van der Waals surface area contributed by atoms with Gasteiger partial charge in [-0.15, -0.1) is 0 Å². The number of carbonyl (C=O) groups is 1.